The fourth-order valence-corrected chi connectivity index (χ4v) is 1.87. The SMILES string of the molecule is NC(=O)c1cccc(NC(=O)C=Cc2ccc(OC(F)F)cc2)c1. The molecule has 0 radical (unpaired) electrons. The van der Waals surface area contributed by atoms with E-state index in [1.807, 2.05) is 0 Å². The molecule has 0 fully saturated rings. The van der Waals surface area contributed by atoms with Crippen molar-refractivity contribution in [2.45, 2.75) is 6.61 Å². The standard InChI is InChI=1S/C17H14F2N2O3/c18-17(19)24-14-7-4-11(5-8-14)6-9-15(22)21-13-3-1-2-12(10-13)16(20)23/h1-10,17H,(H2,20,23)(H,21,22). The molecule has 0 aliphatic carbocycles. The zero-order chi connectivity index (χ0) is 17.5. The number of carbonyl (C=O) groups excluding carboxylic acids is 2. The second-order valence-corrected chi connectivity index (χ2v) is 4.72. The number of hydrogen-bond acceptors (Lipinski definition) is 3. The van der Waals surface area contributed by atoms with Gasteiger partial charge in [0.25, 0.3) is 0 Å². The van der Waals surface area contributed by atoms with Gasteiger partial charge in [0.05, 0.1) is 0 Å². The molecule has 0 aromatic heterocycles. The van der Waals surface area contributed by atoms with Crippen LogP contribution in [-0.2, 0) is 4.79 Å². The average molecular weight is 332 g/mol. The van der Waals surface area contributed by atoms with Crippen molar-refractivity contribution in [1.82, 2.24) is 0 Å². The maximum absolute atomic E-state index is 12.0. The van der Waals surface area contributed by atoms with E-state index in [-0.39, 0.29) is 11.3 Å². The Kier molecular flexibility index (Phi) is 5.62. The van der Waals surface area contributed by atoms with E-state index in [9.17, 15) is 18.4 Å². The predicted molar refractivity (Wildman–Crippen MR) is 85.7 cm³/mol. The highest BCUT2D eigenvalue weighted by atomic mass is 19.3. The number of ether oxygens (including phenoxy) is 1. The summed E-state index contributed by atoms with van der Waals surface area (Å²) in [6, 6.07) is 12.0. The molecule has 7 heteroatoms. The molecule has 0 saturated heterocycles. The third kappa shape index (κ3) is 5.20. The van der Waals surface area contributed by atoms with Crippen molar-refractivity contribution in [2.24, 2.45) is 5.73 Å². The van der Waals surface area contributed by atoms with Gasteiger partial charge in [0.15, 0.2) is 0 Å². The first-order chi connectivity index (χ1) is 11.4. The molecular formula is C17H14F2N2O3. The molecule has 0 atom stereocenters. The van der Waals surface area contributed by atoms with Gasteiger partial charge in [-0.05, 0) is 42.0 Å². The van der Waals surface area contributed by atoms with E-state index < -0.39 is 18.4 Å². The molecule has 0 spiro atoms. The number of amides is 2. The fourth-order valence-electron chi connectivity index (χ4n) is 1.87. The van der Waals surface area contributed by atoms with E-state index in [4.69, 9.17) is 5.73 Å². The molecule has 2 aromatic carbocycles. The molecular weight excluding hydrogens is 318 g/mol. The van der Waals surface area contributed by atoms with Gasteiger partial charge in [0.2, 0.25) is 11.8 Å². The second-order valence-electron chi connectivity index (χ2n) is 4.72. The molecule has 0 heterocycles. The number of hydrogen-bond donors (Lipinski definition) is 2. The van der Waals surface area contributed by atoms with Gasteiger partial charge in [-0.3, -0.25) is 9.59 Å². The van der Waals surface area contributed by atoms with Crippen molar-refractivity contribution in [3.8, 4) is 5.75 Å². The first-order valence-electron chi connectivity index (χ1n) is 6.88. The molecule has 2 aromatic rings. The van der Waals surface area contributed by atoms with Crippen molar-refractivity contribution in [2.75, 3.05) is 5.32 Å². The van der Waals surface area contributed by atoms with Crippen LogP contribution in [0.5, 0.6) is 5.75 Å². The molecule has 0 aliphatic heterocycles. The van der Waals surface area contributed by atoms with Gasteiger partial charge in [-0.2, -0.15) is 8.78 Å². The number of carbonyl (C=O) groups is 2. The molecule has 124 valence electrons. The summed E-state index contributed by atoms with van der Waals surface area (Å²) in [4.78, 5) is 22.9. The van der Waals surface area contributed by atoms with Gasteiger partial charge in [-0.15, -0.1) is 0 Å². The van der Waals surface area contributed by atoms with E-state index in [1.54, 1.807) is 12.1 Å². The van der Waals surface area contributed by atoms with Crippen LogP contribution in [0.25, 0.3) is 6.08 Å². The van der Waals surface area contributed by atoms with E-state index in [1.165, 1.54) is 48.6 Å². The normalized spacial score (nSPS) is 10.8. The Morgan fingerprint density at radius 3 is 2.46 bits per heavy atom. The number of alkyl halides is 2. The number of nitrogens with two attached hydrogens (primary N) is 1. The quantitative estimate of drug-likeness (QED) is 0.798. The first kappa shape index (κ1) is 17.1. The van der Waals surface area contributed by atoms with Crippen LogP contribution in [0.2, 0.25) is 0 Å². The summed E-state index contributed by atoms with van der Waals surface area (Å²) in [7, 11) is 0. The first-order valence-corrected chi connectivity index (χ1v) is 6.88. The zero-order valence-corrected chi connectivity index (χ0v) is 12.4. The molecule has 2 amide bonds. The predicted octanol–water partition coefficient (Wildman–Crippen LogP) is 3.04. The van der Waals surface area contributed by atoms with Crippen molar-refractivity contribution < 1.29 is 23.1 Å². The number of rotatable bonds is 6. The second kappa shape index (κ2) is 7.87. The highest BCUT2D eigenvalue weighted by Gasteiger charge is 2.04. The van der Waals surface area contributed by atoms with Crippen LogP contribution in [-0.4, -0.2) is 18.4 Å². The minimum absolute atomic E-state index is 0.0369. The lowest BCUT2D eigenvalue weighted by Crippen LogP contribution is -2.12. The van der Waals surface area contributed by atoms with Crippen molar-refractivity contribution in [3.05, 3.63) is 65.7 Å². The maximum atomic E-state index is 12.0. The van der Waals surface area contributed by atoms with Gasteiger partial charge in [0, 0.05) is 17.3 Å². The highest BCUT2D eigenvalue weighted by Crippen LogP contribution is 2.16. The summed E-state index contributed by atoms with van der Waals surface area (Å²) in [5.41, 5.74) is 6.52. The fraction of sp³-hybridized carbons (Fsp3) is 0.0588. The minimum atomic E-state index is -2.88. The van der Waals surface area contributed by atoms with Crippen molar-refractivity contribution >= 4 is 23.6 Å². The smallest absolute Gasteiger partial charge is 0.387 e. The van der Waals surface area contributed by atoms with Gasteiger partial charge in [-0.25, -0.2) is 0 Å². The molecule has 0 aliphatic rings. The van der Waals surface area contributed by atoms with E-state index in [0.29, 0.717) is 11.3 Å². The maximum Gasteiger partial charge on any atom is 0.387 e. The third-order valence-electron chi connectivity index (χ3n) is 2.95. The Labute approximate surface area is 136 Å². The van der Waals surface area contributed by atoms with Crippen LogP contribution < -0.4 is 15.8 Å². The van der Waals surface area contributed by atoms with E-state index in [2.05, 4.69) is 10.1 Å². The minimum Gasteiger partial charge on any atom is -0.435 e. The Hall–Kier alpha value is -3.22. The monoisotopic (exact) mass is 332 g/mol. The van der Waals surface area contributed by atoms with Gasteiger partial charge >= 0.3 is 6.61 Å². The Balaban J connectivity index is 1.97. The molecule has 5 nitrogen and oxygen atoms in total. The van der Waals surface area contributed by atoms with Crippen molar-refractivity contribution in [3.63, 3.8) is 0 Å². The van der Waals surface area contributed by atoms with Crippen molar-refractivity contribution in [1.29, 1.82) is 0 Å². The van der Waals surface area contributed by atoms with Crippen LogP contribution in [0, 0.1) is 0 Å². The lowest BCUT2D eigenvalue weighted by atomic mass is 10.2. The summed E-state index contributed by atoms with van der Waals surface area (Å²) in [5.74, 6) is -0.966. The van der Waals surface area contributed by atoms with Crippen LogP contribution in [0.15, 0.2) is 54.6 Å². The van der Waals surface area contributed by atoms with Gasteiger partial charge in [-0.1, -0.05) is 18.2 Å². The van der Waals surface area contributed by atoms with E-state index >= 15 is 0 Å². The molecule has 0 bridgehead atoms. The van der Waals surface area contributed by atoms with Crippen LogP contribution in [0.4, 0.5) is 14.5 Å². The summed E-state index contributed by atoms with van der Waals surface area (Å²) >= 11 is 0. The molecule has 0 saturated carbocycles. The number of anilines is 1. The Bertz CT molecular complexity index is 759. The number of nitrogens with one attached hydrogen (secondary N) is 1. The third-order valence-corrected chi connectivity index (χ3v) is 2.95. The summed E-state index contributed by atoms with van der Waals surface area (Å²) in [6.07, 6.45) is 2.79. The topological polar surface area (TPSA) is 81.4 Å². The van der Waals surface area contributed by atoms with Crippen LogP contribution in [0.3, 0.4) is 0 Å². The molecule has 0 unspecified atom stereocenters. The molecule has 24 heavy (non-hydrogen) atoms. The average Bonchev–Trinajstić information content (AvgIpc) is 2.54. The zero-order valence-electron chi connectivity index (χ0n) is 12.4. The van der Waals surface area contributed by atoms with Gasteiger partial charge < -0.3 is 15.8 Å². The van der Waals surface area contributed by atoms with E-state index in [0.717, 1.165) is 0 Å². The Morgan fingerprint density at radius 2 is 1.83 bits per heavy atom. The number of primary amides is 1. The largest absolute Gasteiger partial charge is 0.435 e. The Morgan fingerprint density at radius 1 is 1.12 bits per heavy atom. The summed E-state index contributed by atoms with van der Waals surface area (Å²) in [5, 5.41) is 2.59. The highest BCUT2D eigenvalue weighted by molar-refractivity contribution is 6.03. The summed E-state index contributed by atoms with van der Waals surface area (Å²) < 4.78 is 28.3. The summed E-state index contributed by atoms with van der Waals surface area (Å²) in [6.45, 7) is -2.88. The number of benzene rings is 2. The van der Waals surface area contributed by atoms with Crippen LogP contribution >= 0.6 is 0 Å². The van der Waals surface area contributed by atoms with Gasteiger partial charge in [0.1, 0.15) is 5.75 Å². The lowest BCUT2D eigenvalue weighted by molar-refractivity contribution is -0.111. The number of halogens is 2. The lowest BCUT2D eigenvalue weighted by Gasteiger charge is -2.04. The van der Waals surface area contributed by atoms with Crippen LogP contribution in [0.1, 0.15) is 15.9 Å². The molecule has 3 N–H and O–H groups in total. The molecule has 2 rings (SSSR count).